The van der Waals surface area contributed by atoms with Gasteiger partial charge in [-0.2, -0.15) is 0 Å². The van der Waals surface area contributed by atoms with Gasteiger partial charge in [-0.3, -0.25) is 0 Å². The van der Waals surface area contributed by atoms with Crippen molar-refractivity contribution in [3.05, 3.63) is 0 Å². The van der Waals surface area contributed by atoms with Gasteiger partial charge in [0.2, 0.25) is 0 Å². The lowest BCUT2D eigenvalue weighted by Gasteiger charge is -2.15. The van der Waals surface area contributed by atoms with Gasteiger partial charge in [-0.05, 0) is 0 Å². The highest BCUT2D eigenvalue weighted by atomic mass is 16.7. The largest absolute Gasteiger partial charge is 0.374 e. The molecule has 1 unspecified atom stereocenters. The second-order valence-electron chi connectivity index (χ2n) is 2.05. The first kappa shape index (κ1) is 10.6. The maximum absolute atomic E-state index is 10.3. The van der Waals surface area contributed by atoms with E-state index in [0.29, 0.717) is 6.42 Å². The van der Waals surface area contributed by atoms with Crippen molar-refractivity contribution < 1.29 is 19.0 Å². The van der Waals surface area contributed by atoms with E-state index >= 15 is 0 Å². The van der Waals surface area contributed by atoms with Gasteiger partial charge in [0, 0.05) is 27.8 Å². The van der Waals surface area contributed by atoms with Crippen LogP contribution in [0.1, 0.15) is 6.42 Å². The number of methoxy groups -OCH3 is 3. The van der Waals surface area contributed by atoms with E-state index in [1.165, 1.54) is 21.3 Å². The Balaban J connectivity index is 3.67. The molecule has 0 saturated carbocycles. The number of carbonyl (C=O) groups is 1. The normalized spacial score (nSPS) is 13.5. The molecule has 4 nitrogen and oxygen atoms in total. The molecule has 0 aliphatic carbocycles. The van der Waals surface area contributed by atoms with Crippen LogP contribution in [0.15, 0.2) is 0 Å². The average Bonchev–Trinajstić information content (AvgIpc) is 2.07. The van der Waals surface area contributed by atoms with E-state index in [-0.39, 0.29) is 6.29 Å². The van der Waals surface area contributed by atoms with Crippen molar-refractivity contribution in [3.8, 4) is 0 Å². The molecular weight excluding hydrogens is 148 g/mol. The molecule has 11 heavy (non-hydrogen) atoms. The van der Waals surface area contributed by atoms with Crippen molar-refractivity contribution in [1.82, 2.24) is 0 Å². The maximum Gasteiger partial charge on any atom is 0.159 e. The molecular formula is C7H14O4. The zero-order chi connectivity index (χ0) is 8.69. The smallest absolute Gasteiger partial charge is 0.159 e. The fraction of sp³-hybridized carbons (Fsp3) is 0.857. The Hall–Kier alpha value is -0.450. The van der Waals surface area contributed by atoms with E-state index < -0.39 is 6.10 Å². The van der Waals surface area contributed by atoms with Crippen LogP contribution in [-0.2, 0) is 19.0 Å². The van der Waals surface area contributed by atoms with Crippen LogP contribution in [0.25, 0.3) is 0 Å². The summed E-state index contributed by atoms with van der Waals surface area (Å²) in [6, 6.07) is 0. The standard InChI is InChI=1S/C7H14O4/c1-9-6(5-8)4-7(10-2)11-3/h5-7H,4H2,1-3H3. The predicted molar refractivity (Wildman–Crippen MR) is 39.3 cm³/mol. The lowest BCUT2D eigenvalue weighted by molar-refractivity contribution is -0.137. The minimum atomic E-state index is -0.445. The van der Waals surface area contributed by atoms with Crippen molar-refractivity contribution in [1.29, 1.82) is 0 Å². The van der Waals surface area contributed by atoms with Gasteiger partial charge in [-0.15, -0.1) is 0 Å². The summed E-state index contributed by atoms with van der Waals surface area (Å²) in [5.41, 5.74) is 0. The lowest BCUT2D eigenvalue weighted by Crippen LogP contribution is -2.23. The molecule has 0 N–H and O–H groups in total. The van der Waals surface area contributed by atoms with Gasteiger partial charge in [-0.25, -0.2) is 0 Å². The molecule has 0 rings (SSSR count). The van der Waals surface area contributed by atoms with Crippen molar-refractivity contribution in [3.63, 3.8) is 0 Å². The van der Waals surface area contributed by atoms with E-state index in [2.05, 4.69) is 0 Å². The highest BCUT2D eigenvalue weighted by Crippen LogP contribution is 2.03. The van der Waals surface area contributed by atoms with Crippen LogP contribution >= 0.6 is 0 Å². The average molecular weight is 162 g/mol. The zero-order valence-corrected chi connectivity index (χ0v) is 7.07. The van der Waals surface area contributed by atoms with Crippen molar-refractivity contribution in [2.45, 2.75) is 18.8 Å². The monoisotopic (exact) mass is 162 g/mol. The van der Waals surface area contributed by atoms with Gasteiger partial charge in [0.25, 0.3) is 0 Å². The molecule has 0 bridgehead atoms. The van der Waals surface area contributed by atoms with Crippen LogP contribution in [0.2, 0.25) is 0 Å². The van der Waals surface area contributed by atoms with E-state index in [1.54, 1.807) is 0 Å². The summed E-state index contributed by atoms with van der Waals surface area (Å²) in [6.45, 7) is 0. The molecule has 0 aliphatic rings. The zero-order valence-electron chi connectivity index (χ0n) is 7.07. The molecule has 0 amide bonds. The first-order valence-corrected chi connectivity index (χ1v) is 3.32. The van der Waals surface area contributed by atoms with Crippen molar-refractivity contribution >= 4 is 6.29 Å². The SMILES string of the molecule is COC(C=O)CC(OC)OC. The first-order valence-electron chi connectivity index (χ1n) is 3.32. The Morgan fingerprint density at radius 1 is 1.18 bits per heavy atom. The lowest BCUT2D eigenvalue weighted by atomic mass is 10.3. The van der Waals surface area contributed by atoms with Crippen LogP contribution in [0.5, 0.6) is 0 Å². The Labute approximate surface area is 66.4 Å². The van der Waals surface area contributed by atoms with E-state index in [1.807, 2.05) is 0 Å². The number of ether oxygens (including phenoxy) is 3. The molecule has 0 heterocycles. The van der Waals surface area contributed by atoms with Gasteiger partial charge in [0.15, 0.2) is 6.29 Å². The summed E-state index contributed by atoms with van der Waals surface area (Å²) in [7, 11) is 4.51. The van der Waals surface area contributed by atoms with E-state index in [4.69, 9.17) is 14.2 Å². The van der Waals surface area contributed by atoms with Crippen molar-refractivity contribution in [2.75, 3.05) is 21.3 Å². The van der Waals surface area contributed by atoms with Crippen LogP contribution in [-0.4, -0.2) is 40.0 Å². The molecule has 0 aromatic heterocycles. The number of hydrogen-bond donors (Lipinski definition) is 0. The Bertz CT molecular complexity index is 101. The number of carbonyl (C=O) groups excluding carboxylic acids is 1. The van der Waals surface area contributed by atoms with Gasteiger partial charge >= 0.3 is 0 Å². The highest BCUT2D eigenvalue weighted by Gasteiger charge is 2.13. The summed E-state index contributed by atoms with van der Waals surface area (Å²) in [6.07, 6.45) is 0.336. The Morgan fingerprint density at radius 2 is 1.73 bits per heavy atom. The molecule has 0 aliphatic heterocycles. The minimum absolute atomic E-state index is 0.370. The molecule has 4 heteroatoms. The van der Waals surface area contributed by atoms with E-state index in [0.717, 1.165) is 6.29 Å². The maximum atomic E-state index is 10.3. The van der Waals surface area contributed by atoms with Gasteiger partial charge in [-0.1, -0.05) is 0 Å². The molecule has 0 aromatic carbocycles. The Morgan fingerprint density at radius 3 is 2.00 bits per heavy atom. The number of aldehydes is 1. The summed E-state index contributed by atoms with van der Waals surface area (Å²) in [5, 5.41) is 0. The van der Waals surface area contributed by atoms with Crippen LogP contribution in [0.3, 0.4) is 0 Å². The molecule has 1 atom stereocenters. The molecule has 66 valence electrons. The molecule has 0 saturated heterocycles. The summed E-state index contributed by atoms with van der Waals surface area (Å²) < 4.78 is 14.6. The second-order valence-corrected chi connectivity index (χ2v) is 2.05. The minimum Gasteiger partial charge on any atom is -0.374 e. The van der Waals surface area contributed by atoms with Gasteiger partial charge in [0.05, 0.1) is 0 Å². The van der Waals surface area contributed by atoms with E-state index in [9.17, 15) is 4.79 Å². The van der Waals surface area contributed by atoms with Crippen LogP contribution < -0.4 is 0 Å². The third kappa shape index (κ3) is 4.08. The molecule has 0 radical (unpaired) electrons. The molecule has 0 aromatic rings. The van der Waals surface area contributed by atoms with Crippen molar-refractivity contribution in [2.24, 2.45) is 0 Å². The topological polar surface area (TPSA) is 44.8 Å². The predicted octanol–water partition coefficient (Wildman–Crippen LogP) is 0.209. The summed E-state index contributed by atoms with van der Waals surface area (Å²) in [4.78, 5) is 10.3. The third-order valence-electron chi connectivity index (χ3n) is 1.41. The molecule has 0 fully saturated rings. The summed E-state index contributed by atoms with van der Waals surface area (Å²) >= 11 is 0. The van der Waals surface area contributed by atoms with Crippen LogP contribution in [0, 0.1) is 0 Å². The van der Waals surface area contributed by atoms with Crippen LogP contribution in [0.4, 0.5) is 0 Å². The highest BCUT2D eigenvalue weighted by molar-refractivity contribution is 5.55. The molecule has 0 spiro atoms. The fourth-order valence-corrected chi connectivity index (χ4v) is 0.686. The summed E-state index contributed by atoms with van der Waals surface area (Å²) in [5.74, 6) is 0. The third-order valence-corrected chi connectivity index (χ3v) is 1.41. The van der Waals surface area contributed by atoms with Gasteiger partial charge < -0.3 is 19.0 Å². The first-order chi connectivity index (χ1) is 5.28. The number of hydrogen-bond acceptors (Lipinski definition) is 4. The van der Waals surface area contributed by atoms with Gasteiger partial charge in [0.1, 0.15) is 12.4 Å². The number of rotatable bonds is 6. The fourth-order valence-electron chi connectivity index (χ4n) is 0.686. The second kappa shape index (κ2) is 6.27. The Kier molecular flexibility index (Phi) is 6.02. The quantitative estimate of drug-likeness (QED) is 0.413.